The summed E-state index contributed by atoms with van der Waals surface area (Å²) in [4.78, 5) is 3.23. The van der Waals surface area contributed by atoms with Crippen molar-refractivity contribution < 1.29 is 8.78 Å². The molecule has 3 aromatic rings. The Kier molecular flexibility index (Phi) is 3.20. The molecule has 0 spiro atoms. The highest BCUT2D eigenvalue weighted by molar-refractivity contribution is 5.92. The van der Waals surface area contributed by atoms with Crippen LogP contribution in [0.2, 0.25) is 0 Å². The molecule has 21 heavy (non-hydrogen) atoms. The maximum Gasteiger partial charge on any atom is 0.190 e. The molecular weight excluding hydrogens is 272 g/mol. The van der Waals surface area contributed by atoms with Gasteiger partial charge in [-0.1, -0.05) is 18.2 Å². The molecule has 0 unspecified atom stereocenters. The zero-order valence-corrected chi connectivity index (χ0v) is 10.8. The SMILES string of the molecule is [C-]#[N+]c1cc(F)c2n[nH]c(/C=C/c3ccc(F)cc3)c2c1. The molecule has 3 nitrogen and oxygen atoms in total. The van der Waals surface area contributed by atoms with Gasteiger partial charge in [-0.25, -0.2) is 13.6 Å². The van der Waals surface area contributed by atoms with E-state index in [1.165, 1.54) is 12.1 Å². The Morgan fingerprint density at radius 2 is 1.86 bits per heavy atom. The zero-order valence-electron chi connectivity index (χ0n) is 10.8. The van der Waals surface area contributed by atoms with Gasteiger partial charge in [-0.3, -0.25) is 5.10 Å². The third-order valence-corrected chi connectivity index (χ3v) is 3.07. The summed E-state index contributed by atoms with van der Waals surface area (Å²) < 4.78 is 26.6. The molecule has 0 bridgehead atoms. The van der Waals surface area contributed by atoms with E-state index in [2.05, 4.69) is 15.0 Å². The van der Waals surface area contributed by atoms with Crippen molar-refractivity contribution >= 4 is 28.7 Å². The minimum atomic E-state index is -0.531. The van der Waals surface area contributed by atoms with Gasteiger partial charge >= 0.3 is 0 Å². The highest BCUT2D eigenvalue weighted by Crippen LogP contribution is 2.26. The molecule has 0 aliphatic heterocycles. The lowest BCUT2D eigenvalue weighted by Crippen LogP contribution is -1.77. The Morgan fingerprint density at radius 1 is 1.10 bits per heavy atom. The van der Waals surface area contributed by atoms with Gasteiger partial charge in [0.25, 0.3) is 0 Å². The first kappa shape index (κ1) is 13.0. The van der Waals surface area contributed by atoms with Gasteiger partial charge in [0, 0.05) is 5.39 Å². The first-order valence-electron chi connectivity index (χ1n) is 6.16. The average molecular weight is 281 g/mol. The highest BCUT2D eigenvalue weighted by atomic mass is 19.1. The van der Waals surface area contributed by atoms with Crippen molar-refractivity contribution in [3.63, 3.8) is 0 Å². The fourth-order valence-electron chi connectivity index (χ4n) is 2.03. The maximum absolute atomic E-state index is 13.8. The third kappa shape index (κ3) is 2.51. The second-order valence-corrected chi connectivity index (χ2v) is 4.46. The normalized spacial score (nSPS) is 11.1. The van der Waals surface area contributed by atoms with Crippen molar-refractivity contribution in [1.82, 2.24) is 10.2 Å². The predicted molar refractivity (Wildman–Crippen MR) is 77.6 cm³/mol. The third-order valence-electron chi connectivity index (χ3n) is 3.07. The summed E-state index contributed by atoms with van der Waals surface area (Å²) in [5.41, 5.74) is 1.82. The highest BCUT2D eigenvalue weighted by Gasteiger charge is 2.09. The minimum absolute atomic E-state index is 0.196. The van der Waals surface area contributed by atoms with E-state index in [0.29, 0.717) is 11.1 Å². The van der Waals surface area contributed by atoms with Crippen molar-refractivity contribution in [2.75, 3.05) is 0 Å². The van der Waals surface area contributed by atoms with Crippen molar-refractivity contribution in [3.8, 4) is 0 Å². The van der Waals surface area contributed by atoms with E-state index in [1.807, 2.05) is 0 Å². The zero-order chi connectivity index (χ0) is 14.8. The van der Waals surface area contributed by atoms with Crippen molar-refractivity contribution in [2.45, 2.75) is 0 Å². The molecular formula is C16H9F2N3. The summed E-state index contributed by atoms with van der Waals surface area (Å²) in [5.74, 6) is -0.834. The van der Waals surface area contributed by atoms with Crippen LogP contribution in [0.25, 0.3) is 27.9 Å². The number of H-pyrrole nitrogens is 1. The van der Waals surface area contributed by atoms with E-state index in [9.17, 15) is 8.78 Å². The molecule has 0 saturated heterocycles. The first-order chi connectivity index (χ1) is 10.2. The summed E-state index contributed by atoms with van der Waals surface area (Å²) in [5, 5.41) is 7.18. The molecule has 0 fully saturated rings. The Bertz CT molecular complexity index is 871. The number of hydrogen-bond acceptors (Lipinski definition) is 1. The van der Waals surface area contributed by atoms with E-state index in [1.54, 1.807) is 30.4 Å². The number of nitrogens with zero attached hydrogens (tertiary/aromatic N) is 2. The van der Waals surface area contributed by atoms with Gasteiger partial charge in [-0.05, 0) is 35.9 Å². The molecule has 0 radical (unpaired) electrons. The first-order valence-corrected chi connectivity index (χ1v) is 6.16. The fourth-order valence-corrected chi connectivity index (χ4v) is 2.03. The van der Waals surface area contributed by atoms with Crippen LogP contribution in [0.15, 0.2) is 36.4 Å². The Hall–Kier alpha value is -3.00. The fraction of sp³-hybridized carbons (Fsp3) is 0. The summed E-state index contributed by atoms with van der Waals surface area (Å²) in [6, 6.07) is 8.73. The van der Waals surface area contributed by atoms with Crippen LogP contribution in [0.5, 0.6) is 0 Å². The minimum Gasteiger partial charge on any atom is -0.277 e. The number of aromatic amines is 1. The van der Waals surface area contributed by atoms with Crippen LogP contribution in [0.1, 0.15) is 11.3 Å². The average Bonchev–Trinajstić information content (AvgIpc) is 2.90. The Morgan fingerprint density at radius 3 is 2.57 bits per heavy atom. The molecule has 3 rings (SSSR count). The van der Waals surface area contributed by atoms with Gasteiger partial charge in [0.2, 0.25) is 0 Å². The lowest BCUT2D eigenvalue weighted by atomic mass is 10.1. The summed E-state index contributed by atoms with van der Waals surface area (Å²) in [6.45, 7) is 6.97. The lowest BCUT2D eigenvalue weighted by Gasteiger charge is -1.95. The van der Waals surface area contributed by atoms with E-state index < -0.39 is 5.82 Å². The smallest absolute Gasteiger partial charge is 0.190 e. The topological polar surface area (TPSA) is 33.0 Å². The van der Waals surface area contributed by atoms with Gasteiger partial charge in [0.15, 0.2) is 5.69 Å². The molecule has 0 amide bonds. The number of rotatable bonds is 2. The summed E-state index contributed by atoms with van der Waals surface area (Å²) in [7, 11) is 0. The number of benzene rings is 2. The van der Waals surface area contributed by atoms with Crippen LogP contribution in [0.3, 0.4) is 0 Å². The van der Waals surface area contributed by atoms with Gasteiger partial charge in [0.1, 0.15) is 17.2 Å². The molecule has 0 aliphatic carbocycles. The largest absolute Gasteiger partial charge is 0.277 e. The number of hydrogen-bond donors (Lipinski definition) is 1. The van der Waals surface area contributed by atoms with Gasteiger partial charge in [0.05, 0.1) is 12.3 Å². The number of aromatic nitrogens is 2. The van der Waals surface area contributed by atoms with Crippen molar-refractivity contribution in [3.05, 3.63) is 70.7 Å². The van der Waals surface area contributed by atoms with Crippen molar-refractivity contribution in [2.24, 2.45) is 0 Å². The molecule has 0 saturated carbocycles. The maximum atomic E-state index is 13.8. The quantitative estimate of drug-likeness (QED) is 0.686. The van der Waals surface area contributed by atoms with E-state index in [4.69, 9.17) is 6.57 Å². The van der Waals surface area contributed by atoms with Crippen LogP contribution in [0, 0.1) is 18.2 Å². The summed E-state index contributed by atoms with van der Waals surface area (Å²) >= 11 is 0. The molecule has 0 aliphatic rings. The molecule has 1 heterocycles. The van der Waals surface area contributed by atoms with E-state index in [-0.39, 0.29) is 17.0 Å². The number of fused-ring (bicyclic) bond motifs is 1. The van der Waals surface area contributed by atoms with Gasteiger partial charge in [-0.15, -0.1) is 0 Å². The van der Waals surface area contributed by atoms with Crippen molar-refractivity contribution in [1.29, 1.82) is 0 Å². The molecule has 102 valence electrons. The Labute approximate surface area is 119 Å². The molecule has 1 N–H and O–H groups in total. The molecule has 0 atom stereocenters. The van der Waals surface area contributed by atoms with Crippen LogP contribution < -0.4 is 0 Å². The number of nitrogens with one attached hydrogen (secondary N) is 1. The van der Waals surface area contributed by atoms with Crippen LogP contribution in [-0.2, 0) is 0 Å². The van der Waals surface area contributed by atoms with Crippen LogP contribution >= 0.6 is 0 Å². The van der Waals surface area contributed by atoms with E-state index >= 15 is 0 Å². The van der Waals surface area contributed by atoms with Crippen LogP contribution in [-0.4, -0.2) is 10.2 Å². The van der Waals surface area contributed by atoms with E-state index in [0.717, 1.165) is 11.6 Å². The number of halogens is 2. The predicted octanol–water partition coefficient (Wildman–Crippen LogP) is 4.56. The lowest BCUT2D eigenvalue weighted by molar-refractivity contribution is 0.627. The molecule has 1 aromatic heterocycles. The Balaban J connectivity index is 2.03. The summed E-state index contributed by atoms with van der Waals surface area (Å²) in [6.07, 6.45) is 3.48. The van der Waals surface area contributed by atoms with Gasteiger partial charge in [-0.2, -0.15) is 5.10 Å². The monoisotopic (exact) mass is 281 g/mol. The molecule has 5 heteroatoms. The molecule has 2 aromatic carbocycles. The second-order valence-electron chi connectivity index (χ2n) is 4.46. The van der Waals surface area contributed by atoms with Crippen LogP contribution in [0.4, 0.5) is 14.5 Å². The second kappa shape index (κ2) is 5.17. The van der Waals surface area contributed by atoms with Gasteiger partial charge < -0.3 is 0 Å². The standard InChI is InChI=1S/C16H9F2N3/c1-19-12-8-13-15(20-21-16(13)14(18)9-12)7-4-10-2-5-11(17)6-3-10/h2-9H,(H,20,21)/b7-4+.